The summed E-state index contributed by atoms with van der Waals surface area (Å²) in [5, 5.41) is -0.0326. The van der Waals surface area contributed by atoms with Crippen molar-refractivity contribution in [1.82, 2.24) is 4.90 Å². The van der Waals surface area contributed by atoms with Gasteiger partial charge < -0.3 is 9.47 Å². The predicted octanol–water partition coefficient (Wildman–Crippen LogP) is 3.95. The quantitative estimate of drug-likeness (QED) is 0.746. The Morgan fingerprint density at radius 2 is 2.00 bits per heavy atom. The van der Waals surface area contributed by atoms with E-state index in [2.05, 4.69) is 0 Å². The molecule has 5 nitrogen and oxygen atoms in total. The molecule has 0 saturated carbocycles. The molecule has 1 aromatic carbocycles. The minimum absolute atomic E-state index is 0.0326. The third kappa shape index (κ3) is 5.17. The minimum atomic E-state index is -1.51. The van der Waals surface area contributed by atoms with E-state index in [1.165, 1.54) is 19.2 Å². The van der Waals surface area contributed by atoms with Gasteiger partial charge in [-0.2, -0.15) is 0 Å². The molecule has 3 atom stereocenters. The van der Waals surface area contributed by atoms with Crippen LogP contribution in [0, 0.1) is 5.82 Å². The number of ether oxygens (including phenoxy) is 2. The van der Waals surface area contributed by atoms with Crippen LogP contribution in [0.5, 0.6) is 0 Å². The lowest BCUT2D eigenvalue weighted by Gasteiger charge is -2.29. The minimum Gasteiger partial charge on any atom is -0.444 e. The Morgan fingerprint density at radius 1 is 1.33 bits per heavy atom. The number of methoxy groups -OCH3 is 1. The SMILES string of the molecule is CO[C@H]1[C@@H](C(=O)CCc2cccc(Cl)c2F)N(C(=O)OC(C)(C)C)C[C@@H]1F. The molecule has 0 spiro atoms. The number of aryl methyl sites for hydroxylation is 1. The smallest absolute Gasteiger partial charge is 0.411 e. The fraction of sp³-hybridized carbons (Fsp3) is 0.579. The van der Waals surface area contributed by atoms with Gasteiger partial charge >= 0.3 is 6.09 Å². The van der Waals surface area contributed by atoms with Crippen LogP contribution in [0.1, 0.15) is 32.8 Å². The molecule has 1 saturated heterocycles. The topological polar surface area (TPSA) is 55.8 Å². The molecule has 1 fully saturated rings. The third-order valence-electron chi connectivity index (χ3n) is 4.28. The molecule has 0 aromatic heterocycles. The molecule has 0 N–H and O–H groups in total. The van der Waals surface area contributed by atoms with E-state index in [1.54, 1.807) is 26.8 Å². The number of nitrogens with zero attached hydrogens (tertiary/aromatic N) is 1. The highest BCUT2D eigenvalue weighted by Gasteiger charge is 2.49. The predicted molar refractivity (Wildman–Crippen MR) is 97.2 cm³/mol. The van der Waals surface area contributed by atoms with E-state index in [0.29, 0.717) is 0 Å². The van der Waals surface area contributed by atoms with E-state index in [-0.39, 0.29) is 30.0 Å². The van der Waals surface area contributed by atoms with Crippen LogP contribution in [-0.4, -0.2) is 54.3 Å². The number of rotatable bonds is 5. The summed E-state index contributed by atoms with van der Waals surface area (Å²) >= 11 is 5.75. The van der Waals surface area contributed by atoms with Gasteiger partial charge in [-0.05, 0) is 38.8 Å². The first kappa shape index (κ1) is 21.6. The molecule has 27 heavy (non-hydrogen) atoms. The van der Waals surface area contributed by atoms with Crippen molar-refractivity contribution in [3.63, 3.8) is 0 Å². The number of hydrogen-bond donors (Lipinski definition) is 0. The molecular formula is C19H24ClF2NO4. The Hall–Kier alpha value is -1.73. The third-order valence-corrected chi connectivity index (χ3v) is 4.57. The summed E-state index contributed by atoms with van der Waals surface area (Å²) in [5.74, 6) is -1.01. The maximum absolute atomic E-state index is 14.3. The largest absolute Gasteiger partial charge is 0.444 e. The number of halogens is 3. The van der Waals surface area contributed by atoms with Crippen LogP contribution in [0.3, 0.4) is 0 Å². The van der Waals surface area contributed by atoms with Gasteiger partial charge in [-0.15, -0.1) is 0 Å². The van der Waals surface area contributed by atoms with E-state index >= 15 is 0 Å². The lowest BCUT2D eigenvalue weighted by molar-refractivity contribution is -0.127. The molecule has 1 amide bonds. The van der Waals surface area contributed by atoms with Crippen molar-refractivity contribution < 1.29 is 27.8 Å². The maximum atomic E-state index is 14.3. The van der Waals surface area contributed by atoms with Gasteiger partial charge in [0.15, 0.2) is 5.78 Å². The van der Waals surface area contributed by atoms with Gasteiger partial charge in [0.25, 0.3) is 0 Å². The molecule has 2 rings (SSSR count). The van der Waals surface area contributed by atoms with E-state index in [0.717, 1.165) is 4.90 Å². The van der Waals surface area contributed by atoms with Crippen LogP contribution in [0.4, 0.5) is 13.6 Å². The summed E-state index contributed by atoms with van der Waals surface area (Å²) in [7, 11) is 1.28. The number of Topliss-reactive ketones (excluding diaryl/α,β-unsaturated/α-hetero) is 1. The van der Waals surface area contributed by atoms with Crippen LogP contribution < -0.4 is 0 Å². The van der Waals surface area contributed by atoms with Crippen LogP contribution >= 0.6 is 11.6 Å². The summed E-state index contributed by atoms with van der Waals surface area (Å²) in [6.07, 6.45) is -3.39. The monoisotopic (exact) mass is 403 g/mol. The van der Waals surface area contributed by atoms with Crippen LogP contribution in [0.15, 0.2) is 18.2 Å². The zero-order valence-corrected chi connectivity index (χ0v) is 16.6. The number of carbonyl (C=O) groups is 2. The van der Waals surface area contributed by atoms with Crippen LogP contribution in [-0.2, 0) is 20.7 Å². The molecule has 0 radical (unpaired) electrons. The van der Waals surface area contributed by atoms with Crippen molar-refractivity contribution in [3.8, 4) is 0 Å². The van der Waals surface area contributed by atoms with Crippen molar-refractivity contribution >= 4 is 23.5 Å². The molecule has 150 valence electrons. The number of ketones is 1. The second-order valence-corrected chi connectivity index (χ2v) is 7.88. The Morgan fingerprint density at radius 3 is 2.59 bits per heavy atom. The molecule has 1 heterocycles. The molecule has 0 bridgehead atoms. The Balaban J connectivity index is 2.15. The van der Waals surface area contributed by atoms with Crippen molar-refractivity contribution in [2.45, 2.75) is 57.5 Å². The highest BCUT2D eigenvalue weighted by Crippen LogP contribution is 2.28. The molecule has 1 aliphatic rings. The summed E-state index contributed by atoms with van der Waals surface area (Å²) < 4.78 is 38.7. The number of likely N-dealkylation sites (tertiary alicyclic amines) is 1. The first-order valence-corrected chi connectivity index (χ1v) is 9.05. The van der Waals surface area contributed by atoms with Gasteiger partial charge in [-0.25, -0.2) is 13.6 Å². The van der Waals surface area contributed by atoms with Gasteiger partial charge in [0.2, 0.25) is 0 Å². The normalized spacial score (nSPS) is 22.8. The van der Waals surface area contributed by atoms with Gasteiger partial charge in [0.1, 0.15) is 29.7 Å². The number of amides is 1. The fourth-order valence-electron chi connectivity index (χ4n) is 3.07. The highest BCUT2D eigenvalue weighted by molar-refractivity contribution is 6.30. The van der Waals surface area contributed by atoms with E-state index in [9.17, 15) is 18.4 Å². The summed E-state index contributed by atoms with van der Waals surface area (Å²) in [5.41, 5.74) is -0.505. The van der Waals surface area contributed by atoms with E-state index < -0.39 is 41.6 Å². The van der Waals surface area contributed by atoms with E-state index in [1.807, 2.05) is 0 Å². The maximum Gasteiger partial charge on any atom is 0.411 e. The lowest BCUT2D eigenvalue weighted by atomic mass is 9.99. The lowest BCUT2D eigenvalue weighted by Crippen LogP contribution is -2.47. The molecule has 1 aliphatic heterocycles. The summed E-state index contributed by atoms with van der Waals surface area (Å²) in [6.45, 7) is 4.75. The molecule has 0 unspecified atom stereocenters. The summed E-state index contributed by atoms with van der Waals surface area (Å²) in [4.78, 5) is 26.2. The number of alkyl halides is 1. The van der Waals surface area contributed by atoms with Crippen molar-refractivity contribution in [1.29, 1.82) is 0 Å². The van der Waals surface area contributed by atoms with Crippen molar-refractivity contribution in [2.75, 3.05) is 13.7 Å². The van der Waals surface area contributed by atoms with Crippen molar-refractivity contribution in [2.24, 2.45) is 0 Å². The van der Waals surface area contributed by atoms with Gasteiger partial charge in [0, 0.05) is 13.5 Å². The Kier molecular flexibility index (Phi) is 6.81. The number of carbonyl (C=O) groups excluding carboxylic acids is 2. The first-order valence-electron chi connectivity index (χ1n) is 8.67. The average molecular weight is 404 g/mol. The molecule has 1 aromatic rings. The second-order valence-electron chi connectivity index (χ2n) is 7.47. The van der Waals surface area contributed by atoms with Crippen LogP contribution in [0.25, 0.3) is 0 Å². The van der Waals surface area contributed by atoms with Crippen molar-refractivity contribution in [3.05, 3.63) is 34.6 Å². The highest BCUT2D eigenvalue weighted by atomic mass is 35.5. The van der Waals surface area contributed by atoms with E-state index in [4.69, 9.17) is 21.1 Å². The zero-order chi connectivity index (χ0) is 20.4. The average Bonchev–Trinajstić information content (AvgIpc) is 2.91. The van der Waals surface area contributed by atoms with Gasteiger partial charge in [-0.3, -0.25) is 9.69 Å². The summed E-state index contributed by atoms with van der Waals surface area (Å²) in [6, 6.07) is 3.41. The molecule has 0 aliphatic carbocycles. The van der Waals surface area contributed by atoms with Crippen LogP contribution in [0.2, 0.25) is 5.02 Å². The standard InChI is InChI=1S/C19H24ClF2NO4/c1-19(2,3)27-18(25)23-10-13(21)17(26-4)16(23)14(24)9-8-11-6-5-7-12(20)15(11)22/h5-7,13,16-17H,8-10H2,1-4H3/t13-,16+,17+/m0/s1. The van der Waals surface area contributed by atoms with Gasteiger partial charge in [0.05, 0.1) is 11.6 Å². The molecule has 8 heteroatoms. The number of benzene rings is 1. The zero-order valence-electron chi connectivity index (χ0n) is 15.8. The fourth-order valence-corrected chi connectivity index (χ4v) is 3.26. The Bertz CT molecular complexity index is 707. The first-order chi connectivity index (χ1) is 12.5. The molecular weight excluding hydrogens is 380 g/mol. The van der Waals surface area contributed by atoms with Gasteiger partial charge in [-0.1, -0.05) is 23.7 Å². The Labute approximate surface area is 162 Å². The second kappa shape index (κ2) is 8.52. The number of hydrogen-bond acceptors (Lipinski definition) is 4.